The lowest BCUT2D eigenvalue weighted by Gasteiger charge is -2.23. The number of hydrogen-bond acceptors (Lipinski definition) is 4. The van der Waals surface area contributed by atoms with E-state index in [9.17, 15) is 4.79 Å². The Hall–Kier alpha value is -1.43. The molecule has 1 heterocycles. The fraction of sp³-hybridized carbons (Fsp3) is 0.533. The highest BCUT2D eigenvalue weighted by molar-refractivity contribution is 5.91. The first-order chi connectivity index (χ1) is 9.79. The van der Waals surface area contributed by atoms with E-state index in [0.29, 0.717) is 26.2 Å². The molecule has 2 N–H and O–H groups in total. The van der Waals surface area contributed by atoms with Gasteiger partial charge in [0.2, 0.25) is 5.91 Å². The van der Waals surface area contributed by atoms with Crippen molar-refractivity contribution in [3.63, 3.8) is 0 Å². The molecule has 1 aromatic rings. The highest BCUT2D eigenvalue weighted by Crippen LogP contribution is 2.17. The minimum atomic E-state index is -0.0391. The lowest BCUT2D eigenvalue weighted by atomic mass is 10.1. The molecule has 1 aliphatic rings. The van der Waals surface area contributed by atoms with E-state index in [1.165, 1.54) is 0 Å². The Balaban J connectivity index is 1.89. The molecule has 5 heteroatoms. The summed E-state index contributed by atoms with van der Waals surface area (Å²) in [5.41, 5.74) is 1.81. The molecule has 1 unspecified atom stereocenters. The van der Waals surface area contributed by atoms with Gasteiger partial charge in [0, 0.05) is 30.9 Å². The molecule has 1 fully saturated rings. The molecule has 1 saturated heterocycles. The van der Waals surface area contributed by atoms with Gasteiger partial charge >= 0.3 is 0 Å². The van der Waals surface area contributed by atoms with Crippen molar-refractivity contribution in [1.29, 1.82) is 0 Å². The predicted octanol–water partition coefficient (Wildman–Crippen LogP) is 1.54. The molecule has 1 aromatic carbocycles. The summed E-state index contributed by atoms with van der Waals surface area (Å²) in [6.07, 6.45) is 0.332. The first kappa shape index (κ1) is 15.0. The molecule has 1 amide bonds. The molecule has 20 heavy (non-hydrogen) atoms. The fourth-order valence-corrected chi connectivity index (χ4v) is 2.14. The molecule has 0 aromatic heterocycles. The third-order valence-corrected chi connectivity index (χ3v) is 3.17. The highest BCUT2D eigenvalue weighted by Gasteiger charge is 2.17. The molecule has 5 nitrogen and oxygen atoms in total. The van der Waals surface area contributed by atoms with Gasteiger partial charge < -0.3 is 20.1 Å². The van der Waals surface area contributed by atoms with Crippen LogP contribution in [0.25, 0.3) is 0 Å². The molecule has 1 aliphatic heterocycles. The van der Waals surface area contributed by atoms with Gasteiger partial charge in [0.1, 0.15) is 0 Å². The van der Waals surface area contributed by atoms with Crippen LogP contribution < -0.4 is 10.6 Å². The number of hydrogen-bond donors (Lipinski definition) is 2. The first-order valence-electron chi connectivity index (χ1n) is 7.07. The zero-order chi connectivity index (χ0) is 14.2. The second kappa shape index (κ2) is 7.99. The van der Waals surface area contributed by atoms with Crippen LogP contribution in [0, 0.1) is 0 Å². The summed E-state index contributed by atoms with van der Waals surface area (Å²) >= 11 is 0. The van der Waals surface area contributed by atoms with E-state index in [-0.39, 0.29) is 12.0 Å². The van der Waals surface area contributed by atoms with E-state index in [1.807, 2.05) is 31.2 Å². The van der Waals surface area contributed by atoms with Crippen LogP contribution in [0.1, 0.15) is 18.9 Å². The van der Waals surface area contributed by atoms with Crippen LogP contribution in [0.5, 0.6) is 0 Å². The Bertz CT molecular complexity index is 431. The maximum Gasteiger partial charge on any atom is 0.227 e. The summed E-state index contributed by atoms with van der Waals surface area (Å²) in [6, 6.07) is 7.71. The molecule has 2 rings (SSSR count). The van der Waals surface area contributed by atoms with Crippen LogP contribution >= 0.6 is 0 Å². The molecule has 0 aliphatic carbocycles. The number of anilines is 1. The van der Waals surface area contributed by atoms with Gasteiger partial charge in [-0.3, -0.25) is 4.79 Å². The standard InChI is InChI=1S/C15H22N2O3/c1-2-19-11-12-5-3-4-6-14(12)17-15(18)9-13-10-16-7-8-20-13/h3-6,13,16H,2,7-11H2,1H3,(H,17,18). The number of carbonyl (C=O) groups is 1. The Labute approximate surface area is 119 Å². The van der Waals surface area contributed by atoms with Gasteiger partial charge in [0.15, 0.2) is 0 Å². The lowest BCUT2D eigenvalue weighted by molar-refractivity contribution is -0.119. The van der Waals surface area contributed by atoms with Gasteiger partial charge in [0.25, 0.3) is 0 Å². The Kier molecular flexibility index (Phi) is 5.98. The highest BCUT2D eigenvalue weighted by atomic mass is 16.5. The van der Waals surface area contributed by atoms with E-state index in [0.717, 1.165) is 24.3 Å². The van der Waals surface area contributed by atoms with Crippen molar-refractivity contribution >= 4 is 11.6 Å². The summed E-state index contributed by atoms with van der Waals surface area (Å²) in [5, 5.41) is 6.16. The normalized spacial score (nSPS) is 18.8. The third-order valence-electron chi connectivity index (χ3n) is 3.17. The second-order valence-corrected chi connectivity index (χ2v) is 4.74. The van der Waals surface area contributed by atoms with Crippen molar-refractivity contribution < 1.29 is 14.3 Å². The van der Waals surface area contributed by atoms with Gasteiger partial charge in [-0.2, -0.15) is 0 Å². The summed E-state index contributed by atoms with van der Waals surface area (Å²) < 4.78 is 10.9. The number of morpholine rings is 1. The molecular formula is C15H22N2O3. The van der Waals surface area contributed by atoms with Crippen LogP contribution in [0.15, 0.2) is 24.3 Å². The number of ether oxygens (including phenoxy) is 2. The monoisotopic (exact) mass is 278 g/mol. The van der Waals surface area contributed by atoms with E-state index in [4.69, 9.17) is 9.47 Å². The average molecular weight is 278 g/mol. The SMILES string of the molecule is CCOCc1ccccc1NC(=O)CC1CNCCO1. The average Bonchev–Trinajstić information content (AvgIpc) is 2.47. The summed E-state index contributed by atoms with van der Waals surface area (Å²) in [4.78, 5) is 12.0. The molecule has 0 bridgehead atoms. The number of nitrogens with one attached hydrogen (secondary N) is 2. The molecule has 110 valence electrons. The molecule has 0 saturated carbocycles. The van der Waals surface area contributed by atoms with E-state index >= 15 is 0 Å². The van der Waals surface area contributed by atoms with Crippen LogP contribution in [0.3, 0.4) is 0 Å². The van der Waals surface area contributed by atoms with Crippen molar-refractivity contribution in [1.82, 2.24) is 5.32 Å². The molecular weight excluding hydrogens is 256 g/mol. The number of amides is 1. The smallest absolute Gasteiger partial charge is 0.227 e. The number of para-hydroxylation sites is 1. The van der Waals surface area contributed by atoms with Gasteiger partial charge in [-0.15, -0.1) is 0 Å². The maximum absolute atomic E-state index is 12.0. The molecule has 0 radical (unpaired) electrons. The topological polar surface area (TPSA) is 59.6 Å². The summed E-state index contributed by atoms with van der Waals surface area (Å²) in [5.74, 6) is -0.0253. The lowest BCUT2D eigenvalue weighted by Crippen LogP contribution is -2.40. The Morgan fingerprint density at radius 2 is 2.35 bits per heavy atom. The van der Waals surface area contributed by atoms with E-state index < -0.39 is 0 Å². The van der Waals surface area contributed by atoms with Crippen LogP contribution in [0.2, 0.25) is 0 Å². The zero-order valence-corrected chi connectivity index (χ0v) is 11.9. The zero-order valence-electron chi connectivity index (χ0n) is 11.9. The number of rotatable bonds is 6. The minimum Gasteiger partial charge on any atom is -0.377 e. The maximum atomic E-state index is 12.0. The third kappa shape index (κ3) is 4.59. The number of benzene rings is 1. The van der Waals surface area contributed by atoms with Crippen molar-refractivity contribution in [3.8, 4) is 0 Å². The largest absolute Gasteiger partial charge is 0.377 e. The van der Waals surface area contributed by atoms with Crippen molar-refractivity contribution in [3.05, 3.63) is 29.8 Å². The van der Waals surface area contributed by atoms with Crippen molar-refractivity contribution in [2.45, 2.75) is 26.1 Å². The summed E-state index contributed by atoms with van der Waals surface area (Å²) in [7, 11) is 0. The number of carbonyl (C=O) groups excluding carboxylic acids is 1. The van der Waals surface area contributed by atoms with Crippen LogP contribution in [-0.4, -0.2) is 38.3 Å². The minimum absolute atomic E-state index is 0.0253. The van der Waals surface area contributed by atoms with Gasteiger partial charge in [-0.05, 0) is 13.0 Å². The van der Waals surface area contributed by atoms with Crippen LogP contribution in [-0.2, 0) is 20.9 Å². The van der Waals surface area contributed by atoms with E-state index in [1.54, 1.807) is 0 Å². The predicted molar refractivity (Wildman–Crippen MR) is 77.6 cm³/mol. The van der Waals surface area contributed by atoms with Crippen molar-refractivity contribution in [2.75, 3.05) is 31.6 Å². The molecule has 0 spiro atoms. The fourth-order valence-electron chi connectivity index (χ4n) is 2.14. The second-order valence-electron chi connectivity index (χ2n) is 4.74. The quantitative estimate of drug-likeness (QED) is 0.828. The van der Waals surface area contributed by atoms with Gasteiger partial charge in [0.05, 0.1) is 25.7 Å². The Morgan fingerprint density at radius 3 is 3.10 bits per heavy atom. The Morgan fingerprint density at radius 1 is 1.50 bits per heavy atom. The van der Waals surface area contributed by atoms with Gasteiger partial charge in [-0.1, -0.05) is 18.2 Å². The van der Waals surface area contributed by atoms with Crippen molar-refractivity contribution in [2.24, 2.45) is 0 Å². The van der Waals surface area contributed by atoms with Crippen LogP contribution in [0.4, 0.5) is 5.69 Å². The molecule has 1 atom stereocenters. The van der Waals surface area contributed by atoms with Gasteiger partial charge in [-0.25, -0.2) is 0 Å². The summed E-state index contributed by atoms with van der Waals surface area (Å²) in [6.45, 7) is 5.37. The first-order valence-corrected chi connectivity index (χ1v) is 7.07. The van der Waals surface area contributed by atoms with E-state index in [2.05, 4.69) is 10.6 Å².